The highest BCUT2D eigenvalue weighted by Gasteiger charge is 2.70. The number of rotatable bonds is 8. The van der Waals surface area contributed by atoms with Crippen molar-refractivity contribution in [3.63, 3.8) is 0 Å². The maximum Gasteiger partial charge on any atom is 0.246 e. The first kappa shape index (κ1) is 28.3. The molecule has 1 spiro atoms. The van der Waals surface area contributed by atoms with Crippen molar-refractivity contribution in [2.24, 2.45) is 34.3 Å². The van der Waals surface area contributed by atoms with Crippen LogP contribution in [0.1, 0.15) is 60.3 Å². The molecule has 2 saturated heterocycles. The zero-order valence-corrected chi connectivity index (χ0v) is 23.6. The monoisotopic (exact) mass is 559 g/mol. The molecule has 4 aliphatic rings. The van der Waals surface area contributed by atoms with E-state index in [1.54, 1.807) is 0 Å². The molecule has 11 heteroatoms. The zero-order chi connectivity index (χ0) is 29.4. The van der Waals surface area contributed by atoms with E-state index in [4.69, 9.17) is 5.73 Å². The van der Waals surface area contributed by atoms with Gasteiger partial charge in [-0.25, -0.2) is 8.78 Å². The number of carbonyl (C=O) groups excluding carboxylic acids is 4. The number of carbonyl (C=O) groups is 4. The van der Waals surface area contributed by atoms with Gasteiger partial charge in [0.1, 0.15) is 29.8 Å². The Morgan fingerprint density at radius 3 is 2.42 bits per heavy atom. The second-order valence-electron chi connectivity index (χ2n) is 13.8. The Bertz CT molecular complexity index is 1260. The summed E-state index contributed by atoms with van der Waals surface area (Å²) >= 11 is 0. The van der Waals surface area contributed by atoms with Crippen molar-refractivity contribution in [1.29, 1.82) is 0 Å². The van der Waals surface area contributed by atoms with Gasteiger partial charge in [0, 0.05) is 24.1 Å². The summed E-state index contributed by atoms with van der Waals surface area (Å²) in [6.45, 7) is 9.89. The smallest absolute Gasteiger partial charge is 0.246 e. The van der Waals surface area contributed by atoms with E-state index in [0.29, 0.717) is 13.0 Å². The number of piperidine rings is 1. The number of fused-ring (bicyclic) bond motifs is 1. The van der Waals surface area contributed by atoms with E-state index in [9.17, 15) is 28.0 Å². The van der Waals surface area contributed by atoms with Crippen LogP contribution in [0.3, 0.4) is 0 Å². The standard InChI is InChI=1S/C29H39F2N5O4/c1-27(2,3)22(33-18-7-6-15(30)11-17(18)31)26(40)36-13-16-20(28(16,4)5)21(36)25(39)34-19(23(32)37)10-14-12-29(8-9-29)35-24(14)38/h6-7,11,14,16,19-22,33H,8-10,12-13H2,1-5H3,(H2,32,37)(H,34,39)(H,35,38)/t14-,16?,19+,20?,21?,22-/m1/s1. The average molecular weight is 560 g/mol. The van der Waals surface area contributed by atoms with Crippen LogP contribution >= 0.6 is 0 Å². The molecule has 5 rings (SSSR count). The highest BCUT2D eigenvalue weighted by atomic mass is 19.1. The van der Waals surface area contributed by atoms with Gasteiger partial charge < -0.3 is 26.6 Å². The van der Waals surface area contributed by atoms with Crippen molar-refractivity contribution in [3.05, 3.63) is 29.8 Å². The molecule has 4 amide bonds. The summed E-state index contributed by atoms with van der Waals surface area (Å²) in [4.78, 5) is 54.2. The number of hydrogen-bond donors (Lipinski definition) is 4. The van der Waals surface area contributed by atoms with E-state index in [1.165, 1.54) is 11.0 Å². The fourth-order valence-corrected chi connectivity index (χ4v) is 6.83. The number of nitrogens with two attached hydrogens (primary N) is 1. The predicted octanol–water partition coefficient (Wildman–Crippen LogP) is 2.30. The van der Waals surface area contributed by atoms with Crippen LogP contribution in [-0.4, -0.2) is 58.7 Å². The number of hydrogen-bond acceptors (Lipinski definition) is 5. The second-order valence-corrected chi connectivity index (χ2v) is 13.8. The molecule has 0 aromatic heterocycles. The van der Waals surface area contributed by atoms with E-state index < -0.39 is 52.9 Å². The molecule has 40 heavy (non-hydrogen) atoms. The number of anilines is 1. The molecule has 2 saturated carbocycles. The van der Waals surface area contributed by atoms with Crippen LogP contribution in [0, 0.1) is 40.2 Å². The van der Waals surface area contributed by atoms with Crippen molar-refractivity contribution in [2.75, 3.05) is 11.9 Å². The highest BCUT2D eigenvalue weighted by molar-refractivity contribution is 5.95. The van der Waals surface area contributed by atoms with E-state index in [0.717, 1.165) is 25.0 Å². The van der Waals surface area contributed by atoms with Gasteiger partial charge in [0.25, 0.3) is 0 Å². The first-order chi connectivity index (χ1) is 18.5. The van der Waals surface area contributed by atoms with Gasteiger partial charge in [0.05, 0.1) is 5.69 Å². The second kappa shape index (κ2) is 9.41. The van der Waals surface area contributed by atoms with Crippen molar-refractivity contribution in [2.45, 2.75) is 84.0 Å². The Kier molecular flexibility index (Phi) is 6.66. The summed E-state index contributed by atoms with van der Waals surface area (Å²) in [6.07, 6.45) is 2.52. The van der Waals surface area contributed by atoms with Crippen LogP contribution in [0.4, 0.5) is 14.5 Å². The van der Waals surface area contributed by atoms with Gasteiger partial charge in [-0.15, -0.1) is 0 Å². The normalized spacial score (nSPS) is 28.9. The number of nitrogens with zero attached hydrogens (tertiary/aromatic N) is 1. The van der Waals surface area contributed by atoms with Gasteiger partial charge >= 0.3 is 0 Å². The number of nitrogens with one attached hydrogen (secondary N) is 3. The van der Waals surface area contributed by atoms with E-state index in [1.807, 2.05) is 34.6 Å². The first-order valence-electron chi connectivity index (χ1n) is 14.0. The summed E-state index contributed by atoms with van der Waals surface area (Å²) in [5, 5.41) is 8.71. The molecule has 6 atom stereocenters. The van der Waals surface area contributed by atoms with Crippen LogP contribution in [0.2, 0.25) is 0 Å². The lowest BCUT2D eigenvalue weighted by atomic mass is 9.85. The molecule has 1 aromatic carbocycles. The third kappa shape index (κ3) is 5.03. The summed E-state index contributed by atoms with van der Waals surface area (Å²) in [5.74, 6) is -3.77. The first-order valence-corrected chi connectivity index (χ1v) is 14.0. The largest absolute Gasteiger partial charge is 0.371 e. The van der Waals surface area contributed by atoms with Crippen LogP contribution in [0.15, 0.2) is 18.2 Å². The zero-order valence-electron chi connectivity index (χ0n) is 23.6. The minimum absolute atomic E-state index is 0.0163. The maximum atomic E-state index is 14.5. The number of likely N-dealkylation sites (tertiary alicyclic amines) is 1. The molecule has 0 radical (unpaired) electrons. The molecule has 4 fully saturated rings. The topological polar surface area (TPSA) is 134 Å². The summed E-state index contributed by atoms with van der Waals surface area (Å²) in [6, 6.07) is 0.265. The molecule has 2 aliphatic carbocycles. The number of amides is 4. The highest BCUT2D eigenvalue weighted by Crippen LogP contribution is 2.65. The quantitative estimate of drug-likeness (QED) is 0.388. The SMILES string of the molecule is CC1(C)C2CN(C(=O)[C@@H](Nc3ccc(F)cc3F)C(C)(C)C)C(C(=O)N[C@@H](C[C@@H]3CC4(CC4)NC3=O)C(N)=O)C21. The maximum absolute atomic E-state index is 14.5. The minimum Gasteiger partial charge on any atom is -0.371 e. The lowest BCUT2D eigenvalue weighted by molar-refractivity contribution is -0.143. The average Bonchev–Trinajstić information content (AvgIpc) is 3.55. The summed E-state index contributed by atoms with van der Waals surface area (Å²) in [5.41, 5.74) is 4.60. The number of primary amides is 1. The van der Waals surface area contributed by atoms with E-state index >= 15 is 0 Å². The molecule has 9 nitrogen and oxygen atoms in total. The van der Waals surface area contributed by atoms with Crippen LogP contribution in [-0.2, 0) is 19.2 Å². The minimum atomic E-state index is -1.06. The Hall–Kier alpha value is -3.24. The molecule has 2 aliphatic heterocycles. The Morgan fingerprint density at radius 1 is 1.20 bits per heavy atom. The lowest BCUT2D eigenvalue weighted by Gasteiger charge is -2.38. The molecular weight excluding hydrogens is 520 g/mol. The van der Waals surface area contributed by atoms with Crippen molar-refractivity contribution in [3.8, 4) is 0 Å². The molecule has 1 aromatic rings. The van der Waals surface area contributed by atoms with Crippen LogP contribution in [0.25, 0.3) is 0 Å². The van der Waals surface area contributed by atoms with Gasteiger partial charge in [-0.2, -0.15) is 0 Å². The van der Waals surface area contributed by atoms with Gasteiger partial charge in [0.2, 0.25) is 23.6 Å². The molecule has 218 valence electrons. The lowest BCUT2D eigenvalue weighted by Crippen LogP contribution is -2.58. The number of benzene rings is 1. The fourth-order valence-electron chi connectivity index (χ4n) is 6.83. The Labute approximate surface area is 233 Å². The van der Waals surface area contributed by atoms with Gasteiger partial charge in [-0.3, -0.25) is 19.2 Å². The van der Waals surface area contributed by atoms with Crippen molar-refractivity contribution in [1.82, 2.24) is 15.5 Å². The molecule has 2 heterocycles. The van der Waals surface area contributed by atoms with Gasteiger partial charge in [-0.1, -0.05) is 34.6 Å². The Morgan fingerprint density at radius 2 is 1.88 bits per heavy atom. The molecule has 5 N–H and O–H groups in total. The molecular formula is C29H39F2N5O4. The summed E-state index contributed by atoms with van der Waals surface area (Å²) < 4.78 is 28.0. The van der Waals surface area contributed by atoms with Gasteiger partial charge in [-0.05, 0) is 60.5 Å². The van der Waals surface area contributed by atoms with Crippen molar-refractivity contribution < 1.29 is 28.0 Å². The van der Waals surface area contributed by atoms with Crippen molar-refractivity contribution >= 4 is 29.3 Å². The van der Waals surface area contributed by atoms with E-state index in [-0.39, 0.29) is 46.7 Å². The molecule has 0 bridgehead atoms. The molecule has 3 unspecified atom stereocenters. The third-order valence-electron chi connectivity index (χ3n) is 9.53. The Balaban J connectivity index is 1.36. The van der Waals surface area contributed by atoms with Gasteiger partial charge in [0.15, 0.2) is 0 Å². The van der Waals surface area contributed by atoms with E-state index in [2.05, 4.69) is 16.0 Å². The van der Waals surface area contributed by atoms with Crippen LogP contribution in [0.5, 0.6) is 0 Å². The van der Waals surface area contributed by atoms with Crippen LogP contribution < -0.4 is 21.7 Å². The summed E-state index contributed by atoms with van der Waals surface area (Å²) in [7, 11) is 0. The number of halogens is 2. The third-order valence-corrected chi connectivity index (χ3v) is 9.53. The fraction of sp³-hybridized carbons (Fsp3) is 0.655. The predicted molar refractivity (Wildman–Crippen MR) is 143 cm³/mol.